The fourth-order valence-electron chi connectivity index (χ4n) is 1.99. The fraction of sp³-hybridized carbons (Fsp3) is 0.833. The number of carbonyl (C=O) groups is 2. The van der Waals surface area contributed by atoms with E-state index < -0.39 is 11.4 Å². The molecule has 1 aliphatic rings. The standard InChI is InChI=1S/C12H21NO3/c1-4-12(6-5-7-12)13-9(14)8-11(2,3)10(15)16/h4-8H2,1-3H3,(H,13,14)(H,15,16). The van der Waals surface area contributed by atoms with E-state index in [9.17, 15) is 9.59 Å². The third-order valence-electron chi connectivity index (χ3n) is 3.57. The number of amides is 1. The molecule has 0 spiro atoms. The summed E-state index contributed by atoms with van der Waals surface area (Å²) in [6.45, 7) is 5.21. The second-order valence-corrected chi connectivity index (χ2v) is 5.40. The van der Waals surface area contributed by atoms with Crippen molar-refractivity contribution in [2.75, 3.05) is 0 Å². The van der Waals surface area contributed by atoms with Crippen molar-refractivity contribution in [3.05, 3.63) is 0 Å². The average molecular weight is 227 g/mol. The molecule has 0 atom stereocenters. The third-order valence-corrected chi connectivity index (χ3v) is 3.57. The molecule has 1 fully saturated rings. The largest absolute Gasteiger partial charge is 0.481 e. The van der Waals surface area contributed by atoms with Crippen LogP contribution in [0.4, 0.5) is 0 Å². The molecule has 0 unspecified atom stereocenters. The van der Waals surface area contributed by atoms with Crippen molar-refractivity contribution in [1.82, 2.24) is 5.32 Å². The molecule has 0 bridgehead atoms. The van der Waals surface area contributed by atoms with Gasteiger partial charge in [-0.15, -0.1) is 0 Å². The van der Waals surface area contributed by atoms with Crippen LogP contribution < -0.4 is 5.32 Å². The van der Waals surface area contributed by atoms with Gasteiger partial charge in [0.15, 0.2) is 0 Å². The van der Waals surface area contributed by atoms with Crippen LogP contribution in [0.5, 0.6) is 0 Å². The maximum atomic E-state index is 11.8. The number of nitrogens with one attached hydrogen (secondary N) is 1. The van der Waals surface area contributed by atoms with Gasteiger partial charge in [-0.3, -0.25) is 9.59 Å². The topological polar surface area (TPSA) is 66.4 Å². The van der Waals surface area contributed by atoms with Crippen LogP contribution in [0, 0.1) is 5.41 Å². The summed E-state index contributed by atoms with van der Waals surface area (Å²) in [6, 6.07) is 0. The van der Waals surface area contributed by atoms with Gasteiger partial charge < -0.3 is 10.4 Å². The van der Waals surface area contributed by atoms with Crippen molar-refractivity contribution in [3.63, 3.8) is 0 Å². The average Bonchev–Trinajstić information content (AvgIpc) is 2.10. The van der Waals surface area contributed by atoms with E-state index in [4.69, 9.17) is 5.11 Å². The molecule has 4 heteroatoms. The minimum absolute atomic E-state index is 0.0457. The smallest absolute Gasteiger partial charge is 0.309 e. The molecule has 4 nitrogen and oxygen atoms in total. The van der Waals surface area contributed by atoms with Gasteiger partial charge in [0.1, 0.15) is 0 Å². The Morgan fingerprint density at radius 2 is 1.94 bits per heavy atom. The molecule has 1 amide bonds. The van der Waals surface area contributed by atoms with Crippen LogP contribution in [-0.2, 0) is 9.59 Å². The number of hydrogen-bond donors (Lipinski definition) is 2. The highest BCUT2D eigenvalue weighted by Gasteiger charge is 2.38. The van der Waals surface area contributed by atoms with Crippen LogP contribution in [0.2, 0.25) is 0 Å². The molecule has 0 aromatic carbocycles. The van der Waals surface area contributed by atoms with Crippen LogP contribution in [0.3, 0.4) is 0 Å². The van der Waals surface area contributed by atoms with Crippen molar-refractivity contribution in [2.45, 2.75) is 58.4 Å². The van der Waals surface area contributed by atoms with Gasteiger partial charge in [-0.2, -0.15) is 0 Å². The minimum atomic E-state index is -0.983. The van der Waals surface area contributed by atoms with Gasteiger partial charge in [-0.25, -0.2) is 0 Å². The van der Waals surface area contributed by atoms with E-state index in [1.165, 1.54) is 0 Å². The Morgan fingerprint density at radius 3 is 2.25 bits per heavy atom. The maximum Gasteiger partial charge on any atom is 0.309 e. The first-order valence-corrected chi connectivity index (χ1v) is 5.86. The van der Waals surface area contributed by atoms with Crippen LogP contribution in [0.25, 0.3) is 0 Å². The molecule has 0 radical (unpaired) electrons. The first kappa shape index (κ1) is 13.0. The van der Waals surface area contributed by atoms with Gasteiger partial charge in [-0.05, 0) is 39.5 Å². The quantitative estimate of drug-likeness (QED) is 0.754. The molecule has 16 heavy (non-hydrogen) atoms. The number of carboxylic acid groups (broad SMARTS) is 1. The first-order valence-electron chi connectivity index (χ1n) is 5.86. The van der Waals surface area contributed by atoms with Gasteiger partial charge in [0.05, 0.1) is 5.41 Å². The predicted molar refractivity (Wildman–Crippen MR) is 61.0 cm³/mol. The van der Waals surface area contributed by atoms with E-state index in [1.54, 1.807) is 13.8 Å². The van der Waals surface area contributed by atoms with Gasteiger partial charge in [0.2, 0.25) is 5.91 Å². The lowest BCUT2D eigenvalue weighted by Gasteiger charge is -2.42. The summed E-state index contributed by atoms with van der Waals surface area (Å²) >= 11 is 0. The predicted octanol–water partition coefficient (Wildman–Crippen LogP) is 1.94. The highest BCUT2D eigenvalue weighted by molar-refractivity contribution is 5.84. The van der Waals surface area contributed by atoms with Crippen LogP contribution in [-0.4, -0.2) is 22.5 Å². The fourth-order valence-corrected chi connectivity index (χ4v) is 1.99. The Balaban J connectivity index is 2.50. The SMILES string of the molecule is CCC1(NC(=O)CC(C)(C)C(=O)O)CCC1. The monoisotopic (exact) mass is 227 g/mol. The summed E-state index contributed by atoms with van der Waals surface area (Å²) in [5.74, 6) is -1.07. The Bertz CT molecular complexity index is 287. The molecular weight excluding hydrogens is 206 g/mol. The van der Waals surface area contributed by atoms with Crippen molar-refractivity contribution in [2.24, 2.45) is 5.41 Å². The number of carbonyl (C=O) groups excluding carboxylic acids is 1. The zero-order valence-electron chi connectivity index (χ0n) is 10.3. The Kier molecular flexibility index (Phi) is 3.61. The normalized spacial score (nSPS) is 18.7. The highest BCUT2D eigenvalue weighted by atomic mass is 16.4. The first-order chi connectivity index (χ1) is 7.31. The second kappa shape index (κ2) is 4.44. The van der Waals surface area contributed by atoms with Gasteiger partial charge in [0, 0.05) is 12.0 Å². The molecule has 1 rings (SSSR count). The molecule has 2 N–H and O–H groups in total. The Labute approximate surface area is 96.4 Å². The van der Waals surface area contributed by atoms with Gasteiger partial charge in [0.25, 0.3) is 0 Å². The summed E-state index contributed by atoms with van der Waals surface area (Å²) in [5, 5.41) is 11.9. The minimum Gasteiger partial charge on any atom is -0.481 e. The number of carboxylic acids is 1. The summed E-state index contributed by atoms with van der Waals surface area (Å²) in [5.41, 5.74) is -1.03. The molecule has 0 saturated heterocycles. The molecule has 1 aliphatic carbocycles. The Morgan fingerprint density at radius 1 is 1.38 bits per heavy atom. The highest BCUT2D eigenvalue weighted by Crippen LogP contribution is 2.35. The van der Waals surface area contributed by atoms with Crippen LogP contribution in [0.1, 0.15) is 52.9 Å². The van der Waals surface area contributed by atoms with Crippen LogP contribution >= 0.6 is 0 Å². The van der Waals surface area contributed by atoms with Crippen molar-refractivity contribution in [3.8, 4) is 0 Å². The lowest BCUT2D eigenvalue weighted by Crippen LogP contribution is -2.53. The zero-order chi connectivity index (χ0) is 12.4. The lowest BCUT2D eigenvalue weighted by molar-refractivity contribution is -0.150. The molecule has 0 aromatic heterocycles. The summed E-state index contributed by atoms with van der Waals surface area (Å²) in [6.07, 6.45) is 4.15. The van der Waals surface area contributed by atoms with Crippen LogP contribution in [0.15, 0.2) is 0 Å². The van der Waals surface area contributed by atoms with Crippen molar-refractivity contribution < 1.29 is 14.7 Å². The maximum absolute atomic E-state index is 11.8. The molecule has 0 aliphatic heterocycles. The van der Waals surface area contributed by atoms with E-state index in [0.717, 1.165) is 25.7 Å². The lowest BCUT2D eigenvalue weighted by atomic mass is 9.74. The van der Waals surface area contributed by atoms with Crippen molar-refractivity contribution in [1.29, 1.82) is 0 Å². The Hall–Kier alpha value is -1.06. The van der Waals surface area contributed by atoms with E-state index >= 15 is 0 Å². The molecular formula is C12H21NO3. The van der Waals surface area contributed by atoms with E-state index in [0.29, 0.717) is 0 Å². The van der Waals surface area contributed by atoms with E-state index in [1.807, 2.05) is 0 Å². The number of hydrogen-bond acceptors (Lipinski definition) is 2. The van der Waals surface area contributed by atoms with Crippen molar-refractivity contribution >= 4 is 11.9 Å². The van der Waals surface area contributed by atoms with Gasteiger partial charge >= 0.3 is 5.97 Å². The van der Waals surface area contributed by atoms with E-state index in [-0.39, 0.29) is 17.9 Å². The summed E-state index contributed by atoms with van der Waals surface area (Å²) in [7, 11) is 0. The second-order valence-electron chi connectivity index (χ2n) is 5.40. The third kappa shape index (κ3) is 2.74. The number of aliphatic carboxylic acids is 1. The summed E-state index contributed by atoms with van der Waals surface area (Å²) < 4.78 is 0. The zero-order valence-corrected chi connectivity index (χ0v) is 10.3. The molecule has 0 aromatic rings. The number of rotatable bonds is 5. The van der Waals surface area contributed by atoms with E-state index in [2.05, 4.69) is 12.2 Å². The molecule has 92 valence electrons. The summed E-state index contributed by atoms with van der Waals surface area (Å²) in [4.78, 5) is 22.7. The molecule has 0 heterocycles. The molecule has 1 saturated carbocycles. The van der Waals surface area contributed by atoms with Gasteiger partial charge in [-0.1, -0.05) is 6.92 Å².